The van der Waals surface area contributed by atoms with Crippen LogP contribution < -0.4 is 10.6 Å². The normalized spacial score (nSPS) is 12.1. The van der Waals surface area contributed by atoms with Crippen molar-refractivity contribution in [2.75, 3.05) is 11.9 Å². The number of benzene rings is 1. The van der Waals surface area contributed by atoms with Crippen LogP contribution in [0, 0.1) is 0 Å². The number of alkyl halides is 3. The molecule has 1 aromatic heterocycles. The Balaban J connectivity index is 1.80. The van der Waals surface area contributed by atoms with Crippen LogP contribution in [0.2, 0.25) is 0 Å². The maximum atomic E-state index is 12.5. The highest BCUT2D eigenvalue weighted by Gasteiger charge is 2.30. The van der Waals surface area contributed by atoms with Gasteiger partial charge in [0.2, 0.25) is 0 Å². The number of hydrogen-bond acceptors (Lipinski definition) is 5. The molecule has 1 atom stereocenters. The highest BCUT2D eigenvalue weighted by Crippen LogP contribution is 2.29. The van der Waals surface area contributed by atoms with Gasteiger partial charge in [0.15, 0.2) is 6.10 Å². The first-order valence-electron chi connectivity index (χ1n) is 7.66. The Labute approximate surface area is 156 Å². The molecular formula is C17H15F3N2O4S. The van der Waals surface area contributed by atoms with Gasteiger partial charge in [-0.2, -0.15) is 13.2 Å². The molecule has 6 nitrogen and oxygen atoms in total. The first-order chi connectivity index (χ1) is 12.7. The molecule has 0 saturated carbocycles. The summed E-state index contributed by atoms with van der Waals surface area (Å²) in [6, 6.07) is 7.11. The minimum Gasteiger partial charge on any atom is -0.451 e. The van der Waals surface area contributed by atoms with Crippen LogP contribution >= 0.6 is 11.3 Å². The molecule has 0 aliphatic rings. The fourth-order valence-electron chi connectivity index (χ4n) is 1.93. The van der Waals surface area contributed by atoms with E-state index in [1.807, 2.05) is 0 Å². The molecular weight excluding hydrogens is 385 g/mol. The third kappa shape index (κ3) is 6.10. The molecule has 144 valence electrons. The van der Waals surface area contributed by atoms with Crippen LogP contribution in [-0.2, 0) is 20.5 Å². The minimum absolute atomic E-state index is 0.127. The van der Waals surface area contributed by atoms with Crippen molar-refractivity contribution in [3.8, 4) is 0 Å². The number of thiophene rings is 1. The van der Waals surface area contributed by atoms with Gasteiger partial charge in [-0.05, 0) is 42.6 Å². The van der Waals surface area contributed by atoms with Crippen molar-refractivity contribution in [2.24, 2.45) is 0 Å². The number of ether oxygens (including phenoxy) is 1. The van der Waals surface area contributed by atoms with Gasteiger partial charge in [0, 0.05) is 5.69 Å². The van der Waals surface area contributed by atoms with E-state index in [-0.39, 0.29) is 5.69 Å². The second-order valence-electron chi connectivity index (χ2n) is 5.36. The van der Waals surface area contributed by atoms with E-state index in [4.69, 9.17) is 4.74 Å². The zero-order chi connectivity index (χ0) is 20.0. The number of rotatable bonds is 6. The second kappa shape index (κ2) is 8.67. The summed E-state index contributed by atoms with van der Waals surface area (Å²) in [5.74, 6) is -1.98. The van der Waals surface area contributed by atoms with Crippen molar-refractivity contribution in [3.05, 3.63) is 52.2 Å². The number of carbonyl (C=O) groups excluding carboxylic acids is 3. The van der Waals surface area contributed by atoms with Crippen molar-refractivity contribution in [2.45, 2.75) is 19.2 Å². The molecule has 0 aliphatic carbocycles. The Hall–Kier alpha value is -2.88. The summed E-state index contributed by atoms with van der Waals surface area (Å²) in [5, 5.41) is 6.41. The Morgan fingerprint density at radius 1 is 1.15 bits per heavy atom. The summed E-state index contributed by atoms with van der Waals surface area (Å²) in [6.07, 6.45) is -5.67. The summed E-state index contributed by atoms with van der Waals surface area (Å²) in [4.78, 5) is 35.8. The van der Waals surface area contributed by atoms with Crippen LogP contribution in [0.15, 0.2) is 41.8 Å². The monoisotopic (exact) mass is 400 g/mol. The topological polar surface area (TPSA) is 84.5 Å². The van der Waals surface area contributed by atoms with Crippen LogP contribution in [0.25, 0.3) is 0 Å². The third-order valence-corrected chi connectivity index (χ3v) is 4.16. The predicted molar refractivity (Wildman–Crippen MR) is 92.3 cm³/mol. The number of nitrogens with one attached hydrogen (secondary N) is 2. The first kappa shape index (κ1) is 20.4. The molecule has 0 spiro atoms. The molecule has 2 N–H and O–H groups in total. The smallest absolute Gasteiger partial charge is 0.416 e. The van der Waals surface area contributed by atoms with Gasteiger partial charge in [-0.25, -0.2) is 0 Å². The van der Waals surface area contributed by atoms with E-state index in [0.717, 1.165) is 24.3 Å². The molecule has 0 bridgehead atoms. The lowest BCUT2D eigenvalue weighted by Crippen LogP contribution is -2.35. The zero-order valence-electron chi connectivity index (χ0n) is 14.0. The quantitative estimate of drug-likeness (QED) is 0.730. The third-order valence-electron chi connectivity index (χ3n) is 3.30. The number of anilines is 1. The van der Waals surface area contributed by atoms with Gasteiger partial charge in [-0.3, -0.25) is 14.4 Å². The van der Waals surface area contributed by atoms with Gasteiger partial charge in [0.1, 0.15) is 6.54 Å². The maximum Gasteiger partial charge on any atom is 0.416 e. The van der Waals surface area contributed by atoms with E-state index < -0.39 is 42.2 Å². The Morgan fingerprint density at radius 3 is 2.37 bits per heavy atom. The highest BCUT2D eigenvalue weighted by molar-refractivity contribution is 7.12. The minimum atomic E-state index is -4.47. The van der Waals surface area contributed by atoms with Gasteiger partial charge < -0.3 is 15.4 Å². The van der Waals surface area contributed by atoms with Gasteiger partial charge >= 0.3 is 12.1 Å². The van der Waals surface area contributed by atoms with Gasteiger partial charge in [-0.1, -0.05) is 6.07 Å². The number of esters is 1. The molecule has 2 amide bonds. The van der Waals surface area contributed by atoms with Crippen molar-refractivity contribution in [1.29, 1.82) is 0 Å². The zero-order valence-corrected chi connectivity index (χ0v) is 14.8. The molecule has 0 aliphatic heterocycles. The first-order valence-corrected chi connectivity index (χ1v) is 8.54. The Bertz CT molecular complexity index is 805. The van der Waals surface area contributed by atoms with E-state index in [1.54, 1.807) is 17.5 Å². The summed E-state index contributed by atoms with van der Waals surface area (Å²) >= 11 is 1.21. The number of hydrogen-bond donors (Lipinski definition) is 2. The van der Waals surface area contributed by atoms with Crippen molar-refractivity contribution >= 4 is 34.8 Å². The SMILES string of the molecule is C[C@H](OC(=O)CNC(=O)c1cccs1)C(=O)Nc1ccc(C(F)(F)F)cc1. The van der Waals surface area contributed by atoms with Crippen LogP contribution in [0.3, 0.4) is 0 Å². The van der Waals surface area contributed by atoms with Crippen LogP contribution in [0.1, 0.15) is 22.2 Å². The summed E-state index contributed by atoms with van der Waals surface area (Å²) < 4.78 is 42.4. The lowest BCUT2D eigenvalue weighted by molar-refractivity contribution is -0.152. The van der Waals surface area contributed by atoms with Gasteiger partial charge in [0.25, 0.3) is 11.8 Å². The molecule has 0 fully saturated rings. The molecule has 0 radical (unpaired) electrons. The molecule has 10 heteroatoms. The fraction of sp³-hybridized carbons (Fsp3) is 0.235. The number of carbonyl (C=O) groups is 3. The summed E-state index contributed by atoms with van der Waals surface area (Å²) in [7, 11) is 0. The van der Waals surface area contributed by atoms with Crippen molar-refractivity contribution < 1.29 is 32.3 Å². The predicted octanol–water partition coefficient (Wildman–Crippen LogP) is 3.07. The maximum absolute atomic E-state index is 12.5. The summed E-state index contributed by atoms with van der Waals surface area (Å²) in [6.45, 7) is 0.882. The van der Waals surface area contributed by atoms with Crippen LogP contribution in [0.4, 0.5) is 18.9 Å². The van der Waals surface area contributed by atoms with E-state index >= 15 is 0 Å². The highest BCUT2D eigenvalue weighted by atomic mass is 32.1. The molecule has 2 rings (SSSR count). The molecule has 0 saturated heterocycles. The van der Waals surface area contributed by atoms with Crippen molar-refractivity contribution in [1.82, 2.24) is 5.32 Å². The van der Waals surface area contributed by atoms with E-state index in [1.165, 1.54) is 18.3 Å². The van der Waals surface area contributed by atoms with Crippen LogP contribution in [-0.4, -0.2) is 30.4 Å². The van der Waals surface area contributed by atoms with E-state index in [0.29, 0.717) is 4.88 Å². The molecule has 27 heavy (non-hydrogen) atoms. The average molecular weight is 400 g/mol. The van der Waals surface area contributed by atoms with Crippen LogP contribution in [0.5, 0.6) is 0 Å². The Morgan fingerprint density at radius 2 is 1.81 bits per heavy atom. The number of halogens is 3. The van der Waals surface area contributed by atoms with E-state index in [9.17, 15) is 27.6 Å². The van der Waals surface area contributed by atoms with E-state index in [2.05, 4.69) is 10.6 Å². The molecule has 2 aromatic rings. The lowest BCUT2D eigenvalue weighted by atomic mass is 10.2. The van der Waals surface area contributed by atoms with Gasteiger partial charge in [0.05, 0.1) is 10.4 Å². The number of amides is 2. The van der Waals surface area contributed by atoms with Crippen molar-refractivity contribution in [3.63, 3.8) is 0 Å². The average Bonchev–Trinajstić information content (AvgIpc) is 3.14. The molecule has 1 heterocycles. The van der Waals surface area contributed by atoms with Gasteiger partial charge in [-0.15, -0.1) is 11.3 Å². The molecule has 1 aromatic carbocycles. The largest absolute Gasteiger partial charge is 0.451 e. The standard InChI is InChI=1S/C17H15F3N2O4S/c1-10(26-14(23)9-21-16(25)13-3-2-8-27-13)15(24)22-12-6-4-11(5-7-12)17(18,19)20/h2-8,10H,9H2,1H3,(H,21,25)(H,22,24)/t10-/m0/s1. The molecule has 0 unspecified atom stereocenters. The second-order valence-corrected chi connectivity index (χ2v) is 6.30. The fourth-order valence-corrected chi connectivity index (χ4v) is 2.57. The summed E-state index contributed by atoms with van der Waals surface area (Å²) in [5.41, 5.74) is -0.719. The lowest BCUT2D eigenvalue weighted by Gasteiger charge is -2.14. The Kier molecular flexibility index (Phi) is 6.56.